The van der Waals surface area contributed by atoms with Gasteiger partial charge in [-0.1, -0.05) is 26.0 Å². The zero-order valence-electron chi connectivity index (χ0n) is 18.4. The molecule has 3 saturated carbocycles. The maximum Gasteiger partial charge on any atom is 0.246 e. The largest absolute Gasteiger partial charge is 0.393 e. The molecule has 31 heavy (non-hydrogen) atoms. The maximum atomic E-state index is 13.9. The minimum Gasteiger partial charge on any atom is -0.393 e. The molecule has 0 saturated heterocycles. The molecule has 5 rings (SSSR count). The smallest absolute Gasteiger partial charge is 0.246 e. The van der Waals surface area contributed by atoms with Crippen molar-refractivity contribution in [1.82, 2.24) is 4.90 Å². The van der Waals surface area contributed by atoms with Crippen molar-refractivity contribution in [2.75, 3.05) is 7.05 Å². The van der Waals surface area contributed by atoms with Gasteiger partial charge < -0.3 is 10.0 Å². The second-order valence-corrected chi connectivity index (χ2v) is 10.7. The van der Waals surface area contributed by atoms with Crippen molar-refractivity contribution in [3.63, 3.8) is 0 Å². The van der Waals surface area contributed by atoms with E-state index in [1.807, 2.05) is 13.1 Å². The summed E-state index contributed by atoms with van der Waals surface area (Å²) >= 11 is 0. The maximum absolute atomic E-state index is 13.9. The minimum atomic E-state index is -0.597. The molecule has 166 valence electrons. The summed E-state index contributed by atoms with van der Waals surface area (Å²) in [6.45, 7) is 4.47. The van der Waals surface area contributed by atoms with E-state index in [2.05, 4.69) is 19.9 Å². The van der Waals surface area contributed by atoms with Crippen molar-refractivity contribution in [3.8, 4) is 0 Å². The van der Waals surface area contributed by atoms with E-state index in [-0.39, 0.29) is 28.9 Å². The molecule has 7 atom stereocenters. The average Bonchev–Trinajstić information content (AvgIpc) is 2.99. The molecule has 1 aromatic carbocycles. The Bertz CT molecular complexity index is 967. The third-order valence-corrected chi connectivity index (χ3v) is 9.15. The summed E-state index contributed by atoms with van der Waals surface area (Å²) in [7, 11) is 1.83. The summed E-state index contributed by atoms with van der Waals surface area (Å²) in [6, 6.07) is 3.46. The predicted molar refractivity (Wildman–Crippen MR) is 116 cm³/mol. The van der Waals surface area contributed by atoms with E-state index in [4.69, 9.17) is 0 Å². The monoisotopic (exact) mass is 427 g/mol. The first-order valence-electron chi connectivity index (χ1n) is 11.4. The molecule has 4 aliphatic rings. The first-order chi connectivity index (χ1) is 14.6. The van der Waals surface area contributed by atoms with Crippen molar-refractivity contribution < 1.29 is 18.7 Å². The van der Waals surface area contributed by atoms with Gasteiger partial charge in [0.25, 0.3) is 0 Å². The Balaban J connectivity index is 1.63. The molecular formula is C26H31F2NO2. The Morgan fingerprint density at radius 1 is 1.10 bits per heavy atom. The molecule has 1 amide bonds. The highest BCUT2D eigenvalue weighted by Gasteiger charge is 2.61. The van der Waals surface area contributed by atoms with Crippen molar-refractivity contribution in [1.29, 1.82) is 0 Å². The number of carbonyl (C=O) groups is 1. The van der Waals surface area contributed by atoms with Crippen LogP contribution in [0.5, 0.6) is 0 Å². The van der Waals surface area contributed by atoms with Gasteiger partial charge in [0, 0.05) is 18.5 Å². The Morgan fingerprint density at radius 2 is 1.81 bits per heavy atom. The van der Waals surface area contributed by atoms with Gasteiger partial charge in [-0.3, -0.25) is 4.79 Å². The lowest BCUT2D eigenvalue weighted by molar-refractivity contribution is -0.135. The third kappa shape index (κ3) is 3.03. The van der Waals surface area contributed by atoms with E-state index in [1.54, 1.807) is 11.0 Å². The quantitative estimate of drug-likeness (QED) is 0.688. The molecule has 3 fully saturated rings. The van der Waals surface area contributed by atoms with E-state index in [9.17, 15) is 18.7 Å². The molecule has 1 heterocycles. The fraction of sp³-hybridized carbons (Fsp3) is 0.577. The van der Waals surface area contributed by atoms with Gasteiger partial charge in [0.2, 0.25) is 5.91 Å². The van der Waals surface area contributed by atoms with Crippen LogP contribution in [0.1, 0.15) is 51.5 Å². The summed E-state index contributed by atoms with van der Waals surface area (Å²) in [6.07, 6.45) is 10.1. The van der Waals surface area contributed by atoms with Crippen LogP contribution in [0.25, 0.3) is 6.08 Å². The Labute approximate surface area is 182 Å². The van der Waals surface area contributed by atoms with Crippen LogP contribution in [-0.2, 0) is 4.79 Å². The standard InChI is InChI=1S/C26H31F2NO2/c1-25-8-6-21-19(20(25)4-5-22(25)30)13-16(10-15-11-17(27)14-18(28)12-15)24-26(21,2)9-7-23(31)29(24)3/h7,9-12,14,19-22,24,30H,4-6,8,13H2,1-3H3/b16-10+/t19-,20-,21-,22-,24+,25-,26+/m0/s1. The topological polar surface area (TPSA) is 40.5 Å². The van der Waals surface area contributed by atoms with Gasteiger partial charge in [0.1, 0.15) is 11.6 Å². The fourth-order valence-electron chi connectivity index (χ4n) is 7.69. The first-order valence-corrected chi connectivity index (χ1v) is 11.4. The predicted octanol–water partition coefficient (Wildman–Crippen LogP) is 4.96. The van der Waals surface area contributed by atoms with Gasteiger partial charge in [-0.05, 0) is 84.6 Å². The summed E-state index contributed by atoms with van der Waals surface area (Å²) in [4.78, 5) is 14.4. The molecule has 5 heteroatoms. The zero-order chi connectivity index (χ0) is 22.1. The van der Waals surface area contributed by atoms with Crippen LogP contribution < -0.4 is 0 Å². The molecular weight excluding hydrogens is 396 g/mol. The number of nitrogens with zero attached hydrogens (tertiary/aromatic N) is 1. The SMILES string of the molecule is CN1C(=O)C=C[C@]2(C)[C@H]3CC[C@]4(C)[C@@H](O)CC[C@H]4[C@@H]3C/C(=C\c3cc(F)cc(F)c3)[C@@H]12. The van der Waals surface area contributed by atoms with Gasteiger partial charge >= 0.3 is 0 Å². The summed E-state index contributed by atoms with van der Waals surface area (Å²) < 4.78 is 27.8. The number of aliphatic hydroxyl groups is 1. The Morgan fingerprint density at radius 3 is 2.52 bits per heavy atom. The van der Waals surface area contributed by atoms with Gasteiger partial charge in [0.05, 0.1) is 12.1 Å². The molecule has 3 aliphatic carbocycles. The number of halogens is 2. The highest BCUT2D eigenvalue weighted by Crippen LogP contribution is 2.64. The molecule has 0 bridgehead atoms. The molecule has 1 aromatic rings. The second kappa shape index (κ2) is 6.99. The fourth-order valence-corrected chi connectivity index (χ4v) is 7.69. The van der Waals surface area contributed by atoms with E-state index in [0.29, 0.717) is 23.3 Å². The van der Waals surface area contributed by atoms with E-state index in [1.165, 1.54) is 12.1 Å². The molecule has 0 aromatic heterocycles. The molecule has 0 radical (unpaired) electrons. The highest BCUT2D eigenvalue weighted by atomic mass is 19.1. The van der Waals surface area contributed by atoms with Crippen molar-refractivity contribution >= 4 is 12.0 Å². The van der Waals surface area contributed by atoms with Crippen LogP contribution in [0, 0.1) is 40.2 Å². The number of aliphatic hydroxyl groups excluding tert-OH is 1. The van der Waals surface area contributed by atoms with Gasteiger partial charge in [-0.15, -0.1) is 0 Å². The molecule has 3 nitrogen and oxygen atoms in total. The second-order valence-electron chi connectivity index (χ2n) is 10.7. The lowest BCUT2D eigenvalue weighted by atomic mass is 9.47. The number of benzene rings is 1. The summed E-state index contributed by atoms with van der Waals surface area (Å²) in [5, 5.41) is 10.7. The lowest BCUT2D eigenvalue weighted by Crippen LogP contribution is -2.60. The van der Waals surface area contributed by atoms with Crippen molar-refractivity contribution in [2.24, 2.45) is 28.6 Å². The van der Waals surface area contributed by atoms with Crippen LogP contribution in [0.3, 0.4) is 0 Å². The number of rotatable bonds is 1. The average molecular weight is 428 g/mol. The van der Waals surface area contributed by atoms with Crippen LogP contribution in [-0.4, -0.2) is 35.1 Å². The van der Waals surface area contributed by atoms with E-state index >= 15 is 0 Å². The van der Waals surface area contributed by atoms with Crippen LogP contribution >= 0.6 is 0 Å². The number of carbonyl (C=O) groups excluding carboxylic acids is 1. The number of amides is 1. The normalized spacial score (nSPS) is 43.0. The van der Waals surface area contributed by atoms with Crippen LogP contribution in [0.2, 0.25) is 0 Å². The molecule has 1 aliphatic heterocycles. The van der Waals surface area contributed by atoms with Gasteiger partial charge in [0.15, 0.2) is 0 Å². The molecule has 0 spiro atoms. The summed E-state index contributed by atoms with van der Waals surface area (Å²) in [5.74, 6) is -0.0137. The van der Waals surface area contributed by atoms with Crippen molar-refractivity contribution in [2.45, 2.75) is 58.1 Å². The number of hydrogen-bond acceptors (Lipinski definition) is 2. The number of fused-ring (bicyclic) bond motifs is 5. The zero-order valence-corrected chi connectivity index (χ0v) is 18.4. The van der Waals surface area contributed by atoms with Crippen molar-refractivity contribution in [3.05, 3.63) is 53.1 Å². The number of likely N-dealkylation sites (N-methyl/N-ethyl adjacent to an activating group) is 1. The summed E-state index contributed by atoms with van der Waals surface area (Å²) in [5.41, 5.74) is 1.24. The molecule has 0 unspecified atom stereocenters. The molecule has 1 N–H and O–H groups in total. The lowest BCUT2D eigenvalue weighted by Gasteiger charge is -2.60. The third-order valence-electron chi connectivity index (χ3n) is 9.15. The van der Waals surface area contributed by atoms with E-state index in [0.717, 1.165) is 43.7 Å². The van der Waals surface area contributed by atoms with Gasteiger partial charge in [-0.25, -0.2) is 8.78 Å². The number of hydrogen-bond donors (Lipinski definition) is 1. The van der Waals surface area contributed by atoms with Gasteiger partial charge in [-0.2, -0.15) is 0 Å². The Hall–Kier alpha value is -2.01. The van der Waals surface area contributed by atoms with E-state index < -0.39 is 11.6 Å². The Kier molecular flexibility index (Phi) is 4.71. The van der Waals surface area contributed by atoms with Crippen LogP contribution in [0.15, 0.2) is 35.9 Å². The highest BCUT2D eigenvalue weighted by molar-refractivity contribution is 5.89. The first kappa shape index (κ1) is 20.9. The van der Waals surface area contributed by atoms with Crippen LogP contribution in [0.4, 0.5) is 8.78 Å². The minimum absolute atomic E-state index is 0.0332.